The molecule has 0 atom stereocenters. The van der Waals surface area contributed by atoms with E-state index in [9.17, 15) is 4.79 Å². The third kappa shape index (κ3) is 3.07. The van der Waals surface area contributed by atoms with E-state index in [0.29, 0.717) is 0 Å². The van der Waals surface area contributed by atoms with E-state index >= 15 is 0 Å². The number of nitrogens with two attached hydrogens (primary N) is 1. The van der Waals surface area contributed by atoms with Gasteiger partial charge in [0.1, 0.15) is 5.70 Å². The minimum atomic E-state index is -0.434. The molecule has 0 aromatic carbocycles. The Bertz CT molecular complexity index is 173. The van der Waals surface area contributed by atoms with E-state index in [1.54, 1.807) is 0 Å². The first-order valence-corrected chi connectivity index (χ1v) is 3.67. The van der Waals surface area contributed by atoms with Crippen LogP contribution in [0.1, 0.15) is 26.7 Å². The second-order valence-corrected chi connectivity index (χ2v) is 2.44. The maximum Gasteiger partial charge on any atom is 0.353 e. The average molecular weight is 157 g/mol. The summed E-state index contributed by atoms with van der Waals surface area (Å²) in [5.74, 6) is -0.434. The molecule has 0 fully saturated rings. The van der Waals surface area contributed by atoms with Gasteiger partial charge in [-0.3, -0.25) is 0 Å². The van der Waals surface area contributed by atoms with Crippen molar-refractivity contribution in [3.8, 4) is 0 Å². The van der Waals surface area contributed by atoms with E-state index < -0.39 is 5.97 Å². The van der Waals surface area contributed by atoms with Gasteiger partial charge in [-0.25, -0.2) is 4.79 Å². The molecule has 0 aliphatic carbocycles. The molecule has 0 rings (SSSR count). The lowest BCUT2D eigenvalue weighted by molar-refractivity contribution is -0.136. The van der Waals surface area contributed by atoms with Crippen LogP contribution in [0.3, 0.4) is 0 Å². The van der Waals surface area contributed by atoms with Crippen molar-refractivity contribution in [2.75, 3.05) is 7.11 Å². The van der Waals surface area contributed by atoms with Gasteiger partial charge in [0.2, 0.25) is 0 Å². The Morgan fingerprint density at radius 2 is 2.09 bits per heavy atom. The summed E-state index contributed by atoms with van der Waals surface area (Å²) in [6, 6.07) is 0. The van der Waals surface area contributed by atoms with Crippen LogP contribution in [0.5, 0.6) is 0 Å². The van der Waals surface area contributed by atoms with Gasteiger partial charge in [-0.05, 0) is 18.9 Å². The maximum absolute atomic E-state index is 10.8. The number of rotatable bonds is 3. The molecule has 0 aliphatic heterocycles. The molecule has 0 heterocycles. The molecule has 0 aromatic heterocycles. The van der Waals surface area contributed by atoms with Crippen LogP contribution in [-0.4, -0.2) is 13.1 Å². The second-order valence-electron chi connectivity index (χ2n) is 2.44. The summed E-state index contributed by atoms with van der Waals surface area (Å²) in [6.07, 6.45) is 1.84. The molecule has 0 spiro atoms. The normalized spacial score (nSPS) is 12.3. The Hall–Kier alpha value is -0.990. The molecule has 11 heavy (non-hydrogen) atoms. The lowest BCUT2D eigenvalue weighted by Crippen LogP contribution is -2.14. The van der Waals surface area contributed by atoms with E-state index in [2.05, 4.69) is 4.74 Å². The van der Waals surface area contributed by atoms with Crippen LogP contribution in [-0.2, 0) is 9.53 Å². The molecular formula is C8H15NO2. The van der Waals surface area contributed by atoms with Crippen LogP contribution in [0.15, 0.2) is 11.3 Å². The van der Waals surface area contributed by atoms with Crippen molar-refractivity contribution >= 4 is 5.97 Å². The highest BCUT2D eigenvalue weighted by Gasteiger charge is 2.06. The third-order valence-corrected chi connectivity index (χ3v) is 1.49. The van der Waals surface area contributed by atoms with E-state index in [-0.39, 0.29) is 5.70 Å². The summed E-state index contributed by atoms with van der Waals surface area (Å²) in [7, 11) is 1.33. The Morgan fingerprint density at radius 3 is 2.45 bits per heavy atom. The predicted molar refractivity (Wildman–Crippen MR) is 43.8 cm³/mol. The van der Waals surface area contributed by atoms with Gasteiger partial charge in [-0.2, -0.15) is 0 Å². The molecule has 0 bridgehead atoms. The zero-order valence-corrected chi connectivity index (χ0v) is 7.31. The zero-order chi connectivity index (χ0) is 8.85. The molecule has 0 amide bonds. The van der Waals surface area contributed by atoms with Crippen molar-refractivity contribution in [2.45, 2.75) is 26.7 Å². The minimum Gasteiger partial charge on any atom is -0.464 e. The first-order chi connectivity index (χ1) is 5.13. The number of hydrogen-bond acceptors (Lipinski definition) is 3. The molecule has 0 radical (unpaired) electrons. The molecule has 2 N–H and O–H groups in total. The number of hydrogen-bond donors (Lipinski definition) is 1. The smallest absolute Gasteiger partial charge is 0.353 e. The third-order valence-electron chi connectivity index (χ3n) is 1.49. The minimum absolute atomic E-state index is 0.245. The van der Waals surface area contributed by atoms with Crippen LogP contribution in [0.4, 0.5) is 0 Å². The Morgan fingerprint density at radius 1 is 1.55 bits per heavy atom. The van der Waals surface area contributed by atoms with Crippen LogP contribution >= 0.6 is 0 Å². The summed E-state index contributed by atoms with van der Waals surface area (Å²) in [4.78, 5) is 10.8. The number of esters is 1. The monoisotopic (exact) mass is 157 g/mol. The highest BCUT2D eigenvalue weighted by Crippen LogP contribution is 2.06. The number of allylic oxidation sites excluding steroid dienone is 1. The van der Waals surface area contributed by atoms with E-state index in [1.165, 1.54) is 7.11 Å². The quantitative estimate of drug-likeness (QED) is 0.494. The molecule has 0 aromatic rings. The molecule has 3 nitrogen and oxygen atoms in total. The largest absolute Gasteiger partial charge is 0.464 e. The second kappa shape index (κ2) is 4.77. The van der Waals surface area contributed by atoms with E-state index in [4.69, 9.17) is 5.73 Å². The summed E-state index contributed by atoms with van der Waals surface area (Å²) in [5, 5.41) is 0. The topological polar surface area (TPSA) is 52.3 Å². The van der Waals surface area contributed by atoms with Crippen LogP contribution in [0, 0.1) is 0 Å². The van der Waals surface area contributed by atoms with Crippen LogP contribution in [0.2, 0.25) is 0 Å². The Kier molecular flexibility index (Phi) is 4.34. The summed E-state index contributed by atoms with van der Waals surface area (Å²) in [5.41, 5.74) is 6.61. The van der Waals surface area contributed by atoms with Crippen molar-refractivity contribution in [1.82, 2.24) is 0 Å². The highest BCUT2D eigenvalue weighted by atomic mass is 16.5. The first-order valence-electron chi connectivity index (χ1n) is 3.67. The fourth-order valence-electron chi connectivity index (χ4n) is 0.794. The molecular weight excluding hydrogens is 142 g/mol. The van der Waals surface area contributed by atoms with Gasteiger partial charge in [0.25, 0.3) is 0 Å². The molecule has 64 valence electrons. The molecule has 0 saturated carbocycles. The van der Waals surface area contributed by atoms with Gasteiger partial charge >= 0.3 is 5.97 Å². The standard InChI is InChI=1S/C8H15NO2/c1-4-5-6(2)7(9)8(10)11-3/h4-5,9H2,1-3H3. The lowest BCUT2D eigenvalue weighted by Gasteiger charge is -2.03. The predicted octanol–water partition coefficient (Wildman–Crippen LogP) is 1.19. The Balaban J connectivity index is 4.26. The van der Waals surface area contributed by atoms with Crippen molar-refractivity contribution in [3.05, 3.63) is 11.3 Å². The number of methoxy groups -OCH3 is 1. The highest BCUT2D eigenvalue weighted by molar-refractivity contribution is 5.87. The SMILES string of the molecule is CCCC(C)=C(N)C(=O)OC. The number of carbonyl (C=O) groups excluding carboxylic acids is 1. The van der Waals surface area contributed by atoms with Gasteiger partial charge < -0.3 is 10.5 Å². The van der Waals surface area contributed by atoms with Crippen molar-refractivity contribution in [3.63, 3.8) is 0 Å². The van der Waals surface area contributed by atoms with Gasteiger partial charge in [0.05, 0.1) is 7.11 Å². The van der Waals surface area contributed by atoms with Crippen LogP contribution < -0.4 is 5.73 Å². The molecule has 0 unspecified atom stereocenters. The van der Waals surface area contributed by atoms with Crippen LogP contribution in [0.25, 0.3) is 0 Å². The first kappa shape index (κ1) is 10.0. The lowest BCUT2D eigenvalue weighted by atomic mass is 10.1. The van der Waals surface area contributed by atoms with Gasteiger partial charge in [0, 0.05) is 0 Å². The molecule has 0 saturated heterocycles. The fourth-order valence-corrected chi connectivity index (χ4v) is 0.794. The average Bonchev–Trinajstić information content (AvgIpc) is 2.02. The Labute approximate surface area is 67.2 Å². The van der Waals surface area contributed by atoms with Gasteiger partial charge in [-0.15, -0.1) is 0 Å². The van der Waals surface area contributed by atoms with Gasteiger partial charge in [0.15, 0.2) is 0 Å². The van der Waals surface area contributed by atoms with E-state index in [0.717, 1.165) is 18.4 Å². The molecule has 0 aliphatic rings. The van der Waals surface area contributed by atoms with Crippen molar-refractivity contribution in [1.29, 1.82) is 0 Å². The summed E-state index contributed by atoms with van der Waals surface area (Å²) < 4.78 is 4.46. The zero-order valence-electron chi connectivity index (χ0n) is 7.31. The fraction of sp³-hybridized carbons (Fsp3) is 0.625. The van der Waals surface area contributed by atoms with E-state index in [1.807, 2.05) is 13.8 Å². The molecule has 3 heteroatoms. The van der Waals surface area contributed by atoms with Crippen molar-refractivity contribution < 1.29 is 9.53 Å². The number of carbonyl (C=O) groups is 1. The maximum atomic E-state index is 10.8. The summed E-state index contributed by atoms with van der Waals surface area (Å²) >= 11 is 0. The van der Waals surface area contributed by atoms with Crippen molar-refractivity contribution in [2.24, 2.45) is 5.73 Å². The van der Waals surface area contributed by atoms with Gasteiger partial charge in [-0.1, -0.05) is 13.3 Å². The summed E-state index contributed by atoms with van der Waals surface area (Å²) in [6.45, 7) is 3.88. The number of ether oxygens (including phenoxy) is 1.